The fourth-order valence-electron chi connectivity index (χ4n) is 1.99. The van der Waals surface area contributed by atoms with Crippen molar-refractivity contribution in [2.75, 3.05) is 5.32 Å². The first-order valence-electron chi connectivity index (χ1n) is 6.33. The second kappa shape index (κ2) is 5.81. The molecule has 0 aliphatic carbocycles. The summed E-state index contributed by atoms with van der Waals surface area (Å²) in [6, 6.07) is 18.9. The predicted molar refractivity (Wildman–Crippen MR) is 84.9 cm³/mol. The van der Waals surface area contributed by atoms with E-state index < -0.39 is 0 Å². The number of hydrogen-bond donors (Lipinski definition) is 1. The largest absolute Gasteiger partial charge is 0.350 e. The molecule has 1 N–H and O–H groups in total. The van der Waals surface area contributed by atoms with Gasteiger partial charge in [0.25, 0.3) is 0 Å². The van der Waals surface area contributed by atoms with Crippen molar-refractivity contribution in [1.82, 2.24) is 0 Å². The van der Waals surface area contributed by atoms with Gasteiger partial charge in [0.1, 0.15) is 0 Å². The highest BCUT2D eigenvalue weighted by molar-refractivity contribution is 8.02. The molecule has 1 heterocycles. The Morgan fingerprint density at radius 1 is 0.895 bits per heavy atom. The molecule has 0 unspecified atom stereocenters. The summed E-state index contributed by atoms with van der Waals surface area (Å²) in [6.45, 7) is 0. The van der Waals surface area contributed by atoms with Crippen molar-refractivity contribution in [2.24, 2.45) is 0 Å². The number of hydrogen-bond acceptors (Lipinski definition) is 2. The molecule has 1 aliphatic rings. The number of anilines is 1. The molecule has 0 atom stereocenters. The predicted octanol–water partition coefficient (Wildman–Crippen LogP) is 4.90. The lowest BCUT2D eigenvalue weighted by Gasteiger charge is -2.11. The van der Waals surface area contributed by atoms with E-state index in [2.05, 4.69) is 78.1 Å². The van der Waals surface area contributed by atoms with E-state index in [4.69, 9.17) is 0 Å². The average molecular weight is 265 g/mol. The molecule has 0 aromatic heterocycles. The standard InChI is InChI=1S/C17H15NS/c1-2-7-14(8-3-1)13-19-17-12-6-10-15-9-4-5-11-16(15)18-17/h1-12,18H,13H2. The van der Waals surface area contributed by atoms with E-state index >= 15 is 0 Å². The van der Waals surface area contributed by atoms with Gasteiger partial charge in [-0.25, -0.2) is 0 Å². The molecule has 0 amide bonds. The van der Waals surface area contributed by atoms with E-state index in [0.29, 0.717) is 0 Å². The minimum Gasteiger partial charge on any atom is -0.350 e. The topological polar surface area (TPSA) is 12.0 Å². The number of nitrogens with one attached hydrogen (secondary N) is 1. The van der Waals surface area contributed by atoms with Crippen LogP contribution in [0.3, 0.4) is 0 Å². The number of fused-ring (bicyclic) bond motifs is 1. The lowest BCUT2D eigenvalue weighted by molar-refractivity contribution is 1.41. The van der Waals surface area contributed by atoms with Crippen LogP contribution in [0.1, 0.15) is 11.1 Å². The third-order valence-corrected chi connectivity index (χ3v) is 4.01. The van der Waals surface area contributed by atoms with Gasteiger partial charge in [-0.2, -0.15) is 0 Å². The van der Waals surface area contributed by atoms with Crippen LogP contribution in [0, 0.1) is 0 Å². The summed E-state index contributed by atoms with van der Waals surface area (Å²) in [5, 5.41) is 4.68. The van der Waals surface area contributed by atoms with Crippen LogP contribution in [0.4, 0.5) is 5.69 Å². The van der Waals surface area contributed by atoms with Crippen molar-refractivity contribution < 1.29 is 0 Å². The lowest BCUT2D eigenvalue weighted by Crippen LogP contribution is -1.96. The Bertz CT molecular complexity index is 614. The van der Waals surface area contributed by atoms with Gasteiger partial charge in [0.05, 0.1) is 5.03 Å². The first kappa shape index (κ1) is 12.1. The monoisotopic (exact) mass is 265 g/mol. The van der Waals surface area contributed by atoms with E-state index in [1.165, 1.54) is 21.8 Å². The van der Waals surface area contributed by atoms with Crippen LogP contribution in [0.15, 0.2) is 71.8 Å². The summed E-state index contributed by atoms with van der Waals surface area (Å²) in [4.78, 5) is 0. The molecule has 0 fully saturated rings. The number of rotatable bonds is 3. The molecule has 0 radical (unpaired) electrons. The quantitative estimate of drug-likeness (QED) is 0.847. The Balaban J connectivity index is 1.70. The molecule has 0 spiro atoms. The van der Waals surface area contributed by atoms with Gasteiger partial charge < -0.3 is 5.32 Å². The zero-order valence-electron chi connectivity index (χ0n) is 10.5. The number of allylic oxidation sites excluding steroid dienone is 2. The average Bonchev–Trinajstić information content (AvgIpc) is 2.68. The normalized spacial score (nSPS) is 13.2. The molecule has 2 aromatic rings. The Kier molecular flexibility index (Phi) is 3.70. The van der Waals surface area contributed by atoms with E-state index in [0.717, 1.165) is 5.75 Å². The second-order valence-corrected chi connectivity index (χ2v) is 5.39. The first-order chi connectivity index (χ1) is 9.42. The van der Waals surface area contributed by atoms with Gasteiger partial charge in [-0.3, -0.25) is 0 Å². The Morgan fingerprint density at radius 2 is 1.68 bits per heavy atom. The van der Waals surface area contributed by atoms with E-state index in [9.17, 15) is 0 Å². The fraction of sp³-hybridized carbons (Fsp3) is 0.0588. The van der Waals surface area contributed by atoms with Gasteiger partial charge in [0.2, 0.25) is 0 Å². The molecule has 94 valence electrons. The maximum Gasteiger partial charge on any atom is 0.0728 e. The Labute approximate surface area is 118 Å². The van der Waals surface area contributed by atoms with Gasteiger partial charge in [-0.15, -0.1) is 11.8 Å². The third-order valence-electron chi connectivity index (χ3n) is 2.98. The van der Waals surface area contributed by atoms with Crippen LogP contribution in [0.25, 0.3) is 6.08 Å². The summed E-state index contributed by atoms with van der Waals surface area (Å²) in [7, 11) is 0. The summed E-state index contributed by atoms with van der Waals surface area (Å²) in [5.41, 5.74) is 3.74. The van der Waals surface area contributed by atoms with Crippen molar-refractivity contribution in [2.45, 2.75) is 5.75 Å². The summed E-state index contributed by atoms with van der Waals surface area (Å²) in [5.74, 6) is 0.982. The van der Waals surface area contributed by atoms with E-state index in [1.54, 1.807) is 0 Å². The molecule has 0 bridgehead atoms. The molecular weight excluding hydrogens is 250 g/mol. The lowest BCUT2D eigenvalue weighted by atomic mass is 10.2. The van der Waals surface area contributed by atoms with Crippen LogP contribution >= 0.6 is 11.8 Å². The second-order valence-electron chi connectivity index (χ2n) is 4.38. The Hall–Kier alpha value is -1.93. The SMILES string of the molecule is C1=Cc2ccccc2NC(SCc2ccccc2)=C1. The molecule has 19 heavy (non-hydrogen) atoms. The van der Waals surface area contributed by atoms with Crippen LogP contribution in [-0.2, 0) is 5.75 Å². The minimum absolute atomic E-state index is 0.982. The number of benzene rings is 2. The van der Waals surface area contributed by atoms with Crippen molar-refractivity contribution in [3.63, 3.8) is 0 Å². The third kappa shape index (κ3) is 3.09. The minimum atomic E-state index is 0.982. The van der Waals surface area contributed by atoms with Crippen molar-refractivity contribution in [3.05, 3.63) is 82.9 Å². The molecule has 0 saturated carbocycles. The molecular formula is C17H15NS. The molecule has 2 heteroatoms. The van der Waals surface area contributed by atoms with Crippen LogP contribution in [0.5, 0.6) is 0 Å². The van der Waals surface area contributed by atoms with E-state index in [1.807, 2.05) is 11.8 Å². The van der Waals surface area contributed by atoms with Gasteiger partial charge in [-0.05, 0) is 23.3 Å². The zero-order chi connectivity index (χ0) is 12.9. The van der Waals surface area contributed by atoms with Crippen molar-refractivity contribution in [1.29, 1.82) is 0 Å². The van der Waals surface area contributed by atoms with Crippen molar-refractivity contribution >= 4 is 23.5 Å². The van der Waals surface area contributed by atoms with E-state index in [-0.39, 0.29) is 0 Å². The zero-order valence-corrected chi connectivity index (χ0v) is 11.4. The first-order valence-corrected chi connectivity index (χ1v) is 7.31. The molecule has 3 rings (SSSR count). The van der Waals surface area contributed by atoms with Crippen LogP contribution in [-0.4, -0.2) is 0 Å². The fourth-order valence-corrected chi connectivity index (χ4v) is 2.86. The number of para-hydroxylation sites is 1. The Morgan fingerprint density at radius 3 is 2.58 bits per heavy atom. The van der Waals surface area contributed by atoms with Gasteiger partial charge in [0.15, 0.2) is 0 Å². The smallest absolute Gasteiger partial charge is 0.0728 e. The van der Waals surface area contributed by atoms with Gasteiger partial charge in [-0.1, -0.05) is 60.7 Å². The number of thioether (sulfide) groups is 1. The molecule has 2 aromatic carbocycles. The van der Waals surface area contributed by atoms with Gasteiger partial charge in [0, 0.05) is 11.4 Å². The maximum atomic E-state index is 3.49. The van der Waals surface area contributed by atoms with Gasteiger partial charge >= 0.3 is 0 Å². The van der Waals surface area contributed by atoms with Crippen molar-refractivity contribution in [3.8, 4) is 0 Å². The highest BCUT2D eigenvalue weighted by atomic mass is 32.2. The molecule has 1 aliphatic heterocycles. The van der Waals surface area contributed by atoms with Crippen LogP contribution in [0.2, 0.25) is 0 Å². The summed E-state index contributed by atoms with van der Waals surface area (Å²) < 4.78 is 0. The highest BCUT2D eigenvalue weighted by Gasteiger charge is 2.05. The molecule has 1 nitrogen and oxygen atoms in total. The summed E-state index contributed by atoms with van der Waals surface area (Å²) >= 11 is 1.83. The highest BCUT2D eigenvalue weighted by Crippen LogP contribution is 2.28. The summed E-state index contributed by atoms with van der Waals surface area (Å²) in [6.07, 6.45) is 6.37. The molecule has 0 saturated heterocycles. The van der Waals surface area contributed by atoms with Crippen LogP contribution < -0.4 is 5.32 Å². The maximum absolute atomic E-state index is 3.49.